The summed E-state index contributed by atoms with van der Waals surface area (Å²) in [6.07, 6.45) is 1.91. The molecule has 0 fully saturated rings. The average molecular weight is 365 g/mol. The summed E-state index contributed by atoms with van der Waals surface area (Å²) in [6, 6.07) is 16.6. The zero-order chi connectivity index (χ0) is 19.1. The second kappa shape index (κ2) is 9.24. The summed E-state index contributed by atoms with van der Waals surface area (Å²) in [7, 11) is 1.72. The first-order valence-corrected chi connectivity index (χ1v) is 9.28. The summed E-state index contributed by atoms with van der Waals surface area (Å²) < 4.78 is 13.0. The van der Waals surface area contributed by atoms with Crippen molar-refractivity contribution >= 4 is 5.95 Å². The molecule has 0 atom stereocenters. The zero-order valence-electron chi connectivity index (χ0n) is 16.2. The fraction of sp³-hybridized carbons (Fsp3) is 0.318. The van der Waals surface area contributed by atoms with Gasteiger partial charge in [0, 0.05) is 25.8 Å². The Bertz CT molecular complexity index is 856. The molecule has 3 rings (SSSR count). The number of hydrogen-bond donors (Lipinski definition) is 1. The van der Waals surface area contributed by atoms with Gasteiger partial charge in [-0.1, -0.05) is 29.8 Å². The number of imidazole rings is 1. The molecule has 142 valence electrons. The number of anilines is 1. The highest BCUT2D eigenvalue weighted by atomic mass is 16.5. The van der Waals surface area contributed by atoms with E-state index < -0.39 is 0 Å². The summed E-state index contributed by atoms with van der Waals surface area (Å²) in [5.41, 5.74) is 4.65. The molecule has 1 N–H and O–H groups in total. The van der Waals surface area contributed by atoms with Gasteiger partial charge in [0.1, 0.15) is 5.75 Å². The number of hydrogen-bond acceptors (Lipinski definition) is 4. The van der Waals surface area contributed by atoms with Crippen LogP contribution in [0.15, 0.2) is 54.7 Å². The maximum absolute atomic E-state index is 5.54. The fourth-order valence-electron chi connectivity index (χ4n) is 3.05. The van der Waals surface area contributed by atoms with Gasteiger partial charge in [0.25, 0.3) is 0 Å². The maximum atomic E-state index is 5.54. The predicted octanol–water partition coefficient (Wildman–Crippen LogP) is 4.52. The van der Waals surface area contributed by atoms with Crippen LogP contribution in [0.2, 0.25) is 0 Å². The second-order valence-electron chi connectivity index (χ2n) is 6.41. The molecule has 1 heterocycles. The minimum atomic E-state index is 0.625. The van der Waals surface area contributed by atoms with Crippen molar-refractivity contribution in [2.24, 2.45) is 0 Å². The third-order valence-electron chi connectivity index (χ3n) is 4.37. The summed E-state index contributed by atoms with van der Waals surface area (Å²) in [6.45, 7) is 6.84. The van der Waals surface area contributed by atoms with Gasteiger partial charge in [0.2, 0.25) is 5.95 Å². The van der Waals surface area contributed by atoms with Crippen LogP contribution in [0.3, 0.4) is 0 Å². The lowest BCUT2D eigenvalue weighted by molar-refractivity contribution is 0.188. The quantitative estimate of drug-likeness (QED) is 0.606. The normalized spacial score (nSPS) is 10.8. The molecule has 0 amide bonds. The molecule has 2 aromatic carbocycles. The van der Waals surface area contributed by atoms with Crippen LogP contribution in [0.1, 0.15) is 18.1 Å². The molecule has 0 spiro atoms. The molecule has 3 aromatic rings. The van der Waals surface area contributed by atoms with Gasteiger partial charge in [-0.25, -0.2) is 4.98 Å². The Kier molecular flexibility index (Phi) is 6.49. The lowest BCUT2D eigenvalue weighted by atomic mass is 10.1. The monoisotopic (exact) mass is 365 g/mol. The number of aromatic nitrogens is 2. The van der Waals surface area contributed by atoms with Gasteiger partial charge < -0.3 is 19.4 Å². The van der Waals surface area contributed by atoms with Crippen LogP contribution in [0, 0.1) is 6.92 Å². The maximum Gasteiger partial charge on any atom is 0.203 e. The Labute approximate surface area is 161 Å². The average Bonchev–Trinajstić information content (AvgIpc) is 3.08. The van der Waals surface area contributed by atoms with E-state index in [-0.39, 0.29) is 0 Å². The van der Waals surface area contributed by atoms with Crippen LogP contribution in [0.4, 0.5) is 5.95 Å². The molecule has 0 unspecified atom stereocenters. The first-order chi connectivity index (χ1) is 13.2. The van der Waals surface area contributed by atoms with E-state index in [0.29, 0.717) is 13.2 Å². The molecule has 0 aliphatic rings. The summed E-state index contributed by atoms with van der Waals surface area (Å²) >= 11 is 0. The van der Waals surface area contributed by atoms with E-state index in [9.17, 15) is 0 Å². The van der Waals surface area contributed by atoms with Crippen molar-refractivity contribution in [1.29, 1.82) is 0 Å². The Balaban J connectivity index is 1.82. The Morgan fingerprint density at radius 1 is 1.11 bits per heavy atom. The van der Waals surface area contributed by atoms with Gasteiger partial charge in [-0.15, -0.1) is 0 Å². The van der Waals surface area contributed by atoms with E-state index in [2.05, 4.69) is 58.2 Å². The van der Waals surface area contributed by atoms with E-state index in [0.717, 1.165) is 36.0 Å². The number of nitrogens with one attached hydrogen (secondary N) is 1. The Hall–Kier alpha value is -2.79. The molecular formula is C22H27N3O2. The highest BCUT2D eigenvalue weighted by molar-refractivity contribution is 5.62. The smallest absolute Gasteiger partial charge is 0.203 e. The van der Waals surface area contributed by atoms with Crippen LogP contribution in [-0.2, 0) is 17.8 Å². The van der Waals surface area contributed by atoms with Gasteiger partial charge >= 0.3 is 0 Å². The van der Waals surface area contributed by atoms with Crippen molar-refractivity contribution in [2.45, 2.75) is 26.9 Å². The van der Waals surface area contributed by atoms with Gasteiger partial charge in [-0.05, 0) is 43.7 Å². The number of rotatable bonds is 9. The molecule has 0 saturated carbocycles. The molecule has 1 aromatic heterocycles. The predicted molar refractivity (Wildman–Crippen MR) is 109 cm³/mol. The molecule has 0 aliphatic heterocycles. The summed E-state index contributed by atoms with van der Waals surface area (Å²) in [5.74, 6) is 1.72. The van der Waals surface area contributed by atoms with Crippen LogP contribution >= 0.6 is 0 Å². The Morgan fingerprint density at radius 3 is 2.63 bits per heavy atom. The number of benzene rings is 2. The van der Waals surface area contributed by atoms with Crippen LogP contribution < -0.4 is 10.1 Å². The van der Waals surface area contributed by atoms with E-state index in [1.54, 1.807) is 7.11 Å². The van der Waals surface area contributed by atoms with Crippen molar-refractivity contribution < 1.29 is 9.47 Å². The zero-order valence-corrected chi connectivity index (χ0v) is 16.2. The summed E-state index contributed by atoms with van der Waals surface area (Å²) in [4.78, 5) is 4.61. The van der Waals surface area contributed by atoms with Crippen LogP contribution in [0.5, 0.6) is 5.75 Å². The minimum Gasteiger partial charge on any atom is -0.494 e. The lowest BCUT2D eigenvalue weighted by Crippen LogP contribution is -2.11. The fourth-order valence-corrected chi connectivity index (χ4v) is 3.05. The standard InChI is InChI=1S/C22H27N3O2/c1-4-27-20-10-8-19(9-11-20)21-16-24-22(25(21)12-13-26-3)23-15-18-7-5-6-17(2)14-18/h5-11,14,16H,4,12-13,15H2,1-3H3,(H,23,24). The van der Waals surface area contributed by atoms with Crippen LogP contribution in [-0.4, -0.2) is 29.9 Å². The molecule has 0 radical (unpaired) electrons. The lowest BCUT2D eigenvalue weighted by Gasteiger charge is -2.13. The van der Waals surface area contributed by atoms with E-state index in [4.69, 9.17) is 9.47 Å². The molecule has 5 nitrogen and oxygen atoms in total. The molecule has 0 bridgehead atoms. The third kappa shape index (κ3) is 4.89. The largest absolute Gasteiger partial charge is 0.494 e. The van der Waals surface area contributed by atoms with Crippen molar-refractivity contribution in [3.8, 4) is 17.0 Å². The topological polar surface area (TPSA) is 48.3 Å². The second-order valence-corrected chi connectivity index (χ2v) is 6.41. The number of methoxy groups -OCH3 is 1. The van der Waals surface area contributed by atoms with Crippen molar-refractivity contribution in [3.63, 3.8) is 0 Å². The molecule has 5 heteroatoms. The third-order valence-corrected chi connectivity index (χ3v) is 4.37. The molecule has 27 heavy (non-hydrogen) atoms. The number of ether oxygens (including phenoxy) is 2. The molecule has 0 aliphatic carbocycles. The van der Waals surface area contributed by atoms with Gasteiger partial charge in [0.05, 0.1) is 25.1 Å². The van der Waals surface area contributed by atoms with Gasteiger partial charge in [0.15, 0.2) is 0 Å². The summed E-state index contributed by atoms with van der Waals surface area (Å²) in [5, 5.41) is 3.46. The SMILES string of the molecule is CCOc1ccc(-c2cnc(NCc3cccc(C)c3)n2CCOC)cc1. The van der Waals surface area contributed by atoms with Crippen molar-refractivity contribution in [2.75, 3.05) is 25.6 Å². The van der Waals surface area contributed by atoms with Gasteiger partial charge in [-0.3, -0.25) is 0 Å². The highest BCUT2D eigenvalue weighted by Gasteiger charge is 2.12. The Morgan fingerprint density at radius 2 is 1.93 bits per heavy atom. The molecule has 0 saturated heterocycles. The van der Waals surface area contributed by atoms with Crippen LogP contribution in [0.25, 0.3) is 11.3 Å². The van der Waals surface area contributed by atoms with Crippen molar-refractivity contribution in [3.05, 3.63) is 65.9 Å². The number of aryl methyl sites for hydroxylation is 1. The molecular weight excluding hydrogens is 338 g/mol. The van der Waals surface area contributed by atoms with E-state index in [1.807, 2.05) is 25.3 Å². The first kappa shape index (κ1) is 19.0. The minimum absolute atomic E-state index is 0.625. The number of nitrogens with zero attached hydrogens (tertiary/aromatic N) is 2. The first-order valence-electron chi connectivity index (χ1n) is 9.28. The highest BCUT2D eigenvalue weighted by Crippen LogP contribution is 2.26. The van der Waals surface area contributed by atoms with Crippen molar-refractivity contribution in [1.82, 2.24) is 9.55 Å². The van der Waals surface area contributed by atoms with Gasteiger partial charge in [-0.2, -0.15) is 0 Å². The van der Waals surface area contributed by atoms with E-state index in [1.165, 1.54) is 11.1 Å². The van der Waals surface area contributed by atoms with E-state index >= 15 is 0 Å².